The fraction of sp³-hybridized carbons (Fsp3) is 0.533. The summed E-state index contributed by atoms with van der Waals surface area (Å²) < 4.78 is 0.866. The summed E-state index contributed by atoms with van der Waals surface area (Å²) in [6.45, 7) is 0.960. The third-order valence-electron chi connectivity index (χ3n) is 3.70. The van der Waals surface area contributed by atoms with E-state index >= 15 is 0 Å². The molecule has 0 aromatic heterocycles. The first-order valence-corrected chi connectivity index (χ1v) is 7.53. The van der Waals surface area contributed by atoms with Crippen LogP contribution in [-0.4, -0.2) is 6.54 Å². The Kier molecular flexibility index (Phi) is 5.07. The highest BCUT2D eigenvalue weighted by atomic mass is 79.9. The van der Waals surface area contributed by atoms with Crippen LogP contribution in [0, 0.1) is 17.2 Å². The van der Waals surface area contributed by atoms with Gasteiger partial charge in [0.1, 0.15) is 6.07 Å². The van der Waals surface area contributed by atoms with Crippen molar-refractivity contribution in [3.8, 4) is 6.07 Å². The standard InChI is InChI=1S/C15H19BrN2/c16-14-8-3-9-15(13(14)11-17)18-10-4-7-12-5-1-2-6-12/h3,8-9,12,18H,1-2,4-7,10H2. The highest BCUT2D eigenvalue weighted by Gasteiger charge is 2.14. The molecule has 0 unspecified atom stereocenters. The van der Waals surface area contributed by atoms with Crippen LogP contribution in [0.15, 0.2) is 22.7 Å². The van der Waals surface area contributed by atoms with Crippen molar-refractivity contribution in [3.63, 3.8) is 0 Å². The number of rotatable bonds is 5. The predicted molar refractivity (Wildman–Crippen MR) is 78.5 cm³/mol. The molecule has 2 nitrogen and oxygen atoms in total. The molecule has 96 valence electrons. The van der Waals surface area contributed by atoms with E-state index in [4.69, 9.17) is 5.26 Å². The predicted octanol–water partition coefficient (Wildman–Crippen LogP) is 4.70. The topological polar surface area (TPSA) is 35.8 Å². The summed E-state index contributed by atoms with van der Waals surface area (Å²) in [6.07, 6.45) is 8.19. The molecular weight excluding hydrogens is 288 g/mol. The Labute approximate surface area is 118 Å². The molecule has 0 heterocycles. The van der Waals surface area contributed by atoms with Gasteiger partial charge < -0.3 is 5.32 Å². The van der Waals surface area contributed by atoms with Crippen molar-refractivity contribution >= 4 is 21.6 Å². The normalized spacial score (nSPS) is 15.6. The van der Waals surface area contributed by atoms with Crippen molar-refractivity contribution in [1.29, 1.82) is 5.26 Å². The molecule has 0 saturated heterocycles. The zero-order valence-corrected chi connectivity index (χ0v) is 12.2. The second-order valence-electron chi connectivity index (χ2n) is 4.99. The van der Waals surface area contributed by atoms with Crippen molar-refractivity contribution in [2.75, 3.05) is 11.9 Å². The Morgan fingerprint density at radius 2 is 2.11 bits per heavy atom. The molecule has 0 atom stereocenters. The first-order chi connectivity index (χ1) is 8.81. The fourth-order valence-corrected chi connectivity index (χ4v) is 3.15. The van der Waals surface area contributed by atoms with Crippen LogP contribution in [0.2, 0.25) is 0 Å². The van der Waals surface area contributed by atoms with E-state index in [0.717, 1.165) is 22.6 Å². The first-order valence-electron chi connectivity index (χ1n) is 6.73. The summed E-state index contributed by atoms with van der Waals surface area (Å²) >= 11 is 3.41. The highest BCUT2D eigenvalue weighted by Crippen LogP contribution is 2.28. The second-order valence-corrected chi connectivity index (χ2v) is 5.85. The summed E-state index contributed by atoms with van der Waals surface area (Å²) in [7, 11) is 0. The molecule has 0 amide bonds. The van der Waals surface area contributed by atoms with Crippen molar-refractivity contribution in [1.82, 2.24) is 0 Å². The molecule has 1 aliphatic carbocycles. The molecule has 1 aromatic rings. The van der Waals surface area contributed by atoms with Crippen molar-refractivity contribution in [3.05, 3.63) is 28.2 Å². The Bertz CT molecular complexity index is 431. The number of nitrogens with zero attached hydrogens (tertiary/aromatic N) is 1. The number of hydrogen-bond acceptors (Lipinski definition) is 2. The summed E-state index contributed by atoms with van der Waals surface area (Å²) in [4.78, 5) is 0. The average Bonchev–Trinajstić information content (AvgIpc) is 2.88. The molecular formula is C15H19BrN2. The average molecular weight is 307 g/mol. The van der Waals surface area contributed by atoms with Crippen LogP contribution in [0.3, 0.4) is 0 Å². The molecule has 0 spiro atoms. The molecule has 3 heteroatoms. The minimum atomic E-state index is 0.707. The van der Waals surface area contributed by atoms with Crippen LogP contribution in [-0.2, 0) is 0 Å². The Morgan fingerprint density at radius 1 is 1.33 bits per heavy atom. The van der Waals surface area contributed by atoms with Gasteiger partial charge in [0.25, 0.3) is 0 Å². The van der Waals surface area contributed by atoms with E-state index < -0.39 is 0 Å². The maximum absolute atomic E-state index is 9.11. The summed E-state index contributed by atoms with van der Waals surface area (Å²) in [5.74, 6) is 0.949. The Morgan fingerprint density at radius 3 is 2.83 bits per heavy atom. The molecule has 1 saturated carbocycles. The van der Waals surface area contributed by atoms with Crippen LogP contribution in [0.1, 0.15) is 44.1 Å². The van der Waals surface area contributed by atoms with Gasteiger partial charge in [-0.15, -0.1) is 0 Å². The number of benzene rings is 1. The van der Waals surface area contributed by atoms with Gasteiger partial charge in [-0.05, 0) is 46.8 Å². The SMILES string of the molecule is N#Cc1c(Br)cccc1NCCCC1CCCC1. The van der Waals surface area contributed by atoms with E-state index in [0.29, 0.717) is 5.56 Å². The summed E-state index contributed by atoms with van der Waals surface area (Å²) in [5.41, 5.74) is 1.65. The van der Waals surface area contributed by atoms with Gasteiger partial charge >= 0.3 is 0 Å². The lowest BCUT2D eigenvalue weighted by Gasteiger charge is -2.11. The second kappa shape index (κ2) is 6.80. The van der Waals surface area contributed by atoms with E-state index in [9.17, 15) is 0 Å². The zero-order chi connectivity index (χ0) is 12.8. The van der Waals surface area contributed by atoms with Gasteiger partial charge in [-0.25, -0.2) is 0 Å². The fourth-order valence-electron chi connectivity index (χ4n) is 2.70. The Hall–Kier alpha value is -1.01. The van der Waals surface area contributed by atoms with Gasteiger partial charge in [-0.1, -0.05) is 31.7 Å². The molecule has 1 N–H and O–H groups in total. The Balaban J connectivity index is 1.79. The van der Waals surface area contributed by atoms with Gasteiger partial charge in [-0.3, -0.25) is 0 Å². The van der Waals surface area contributed by atoms with Gasteiger partial charge in [-0.2, -0.15) is 5.26 Å². The van der Waals surface area contributed by atoms with Gasteiger partial charge in [0.05, 0.1) is 11.3 Å². The number of hydrogen-bond donors (Lipinski definition) is 1. The van der Waals surface area contributed by atoms with Crippen LogP contribution in [0.25, 0.3) is 0 Å². The van der Waals surface area contributed by atoms with Crippen LogP contribution >= 0.6 is 15.9 Å². The smallest absolute Gasteiger partial charge is 0.103 e. The lowest BCUT2D eigenvalue weighted by molar-refractivity contribution is 0.491. The van der Waals surface area contributed by atoms with Gasteiger partial charge in [0.15, 0.2) is 0 Å². The number of halogens is 1. The summed E-state index contributed by atoms with van der Waals surface area (Å²) in [6, 6.07) is 8.08. The molecule has 18 heavy (non-hydrogen) atoms. The van der Waals surface area contributed by atoms with Crippen molar-refractivity contribution < 1.29 is 0 Å². The number of anilines is 1. The molecule has 0 radical (unpaired) electrons. The molecule has 1 fully saturated rings. The largest absolute Gasteiger partial charge is 0.384 e. The first kappa shape index (κ1) is 13.4. The minimum absolute atomic E-state index is 0.707. The maximum Gasteiger partial charge on any atom is 0.103 e. The lowest BCUT2D eigenvalue weighted by Crippen LogP contribution is -2.05. The molecule has 0 aliphatic heterocycles. The third kappa shape index (κ3) is 3.49. The number of nitriles is 1. The van der Waals surface area contributed by atoms with Crippen LogP contribution in [0.5, 0.6) is 0 Å². The maximum atomic E-state index is 9.11. The van der Waals surface area contributed by atoms with E-state index in [1.165, 1.54) is 38.5 Å². The highest BCUT2D eigenvalue weighted by molar-refractivity contribution is 9.10. The summed E-state index contributed by atoms with van der Waals surface area (Å²) in [5, 5.41) is 12.5. The van der Waals surface area contributed by atoms with Crippen molar-refractivity contribution in [2.45, 2.75) is 38.5 Å². The van der Waals surface area contributed by atoms with Crippen LogP contribution in [0.4, 0.5) is 5.69 Å². The molecule has 2 rings (SSSR count). The van der Waals surface area contributed by atoms with E-state index in [1.807, 2.05) is 18.2 Å². The van der Waals surface area contributed by atoms with Gasteiger partial charge in [0.2, 0.25) is 0 Å². The molecule has 0 bridgehead atoms. The molecule has 1 aliphatic rings. The molecule has 1 aromatic carbocycles. The van der Waals surface area contributed by atoms with Crippen molar-refractivity contribution in [2.24, 2.45) is 5.92 Å². The quantitative estimate of drug-likeness (QED) is 0.800. The lowest BCUT2D eigenvalue weighted by atomic mass is 10.0. The number of nitrogens with one attached hydrogen (secondary N) is 1. The van der Waals surface area contributed by atoms with Crippen LogP contribution < -0.4 is 5.32 Å². The third-order valence-corrected chi connectivity index (χ3v) is 4.37. The van der Waals surface area contributed by atoms with E-state index in [2.05, 4.69) is 27.3 Å². The minimum Gasteiger partial charge on any atom is -0.384 e. The van der Waals surface area contributed by atoms with E-state index in [1.54, 1.807) is 0 Å². The van der Waals surface area contributed by atoms with E-state index in [-0.39, 0.29) is 0 Å². The zero-order valence-electron chi connectivity index (χ0n) is 10.6. The van der Waals surface area contributed by atoms with Gasteiger partial charge in [0, 0.05) is 11.0 Å². The monoisotopic (exact) mass is 306 g/mol.